The first-order valence-corrected chi connectivity index (χ1v) is 6.88. The first kappa shape index (κ1) is 15.4. The van der Waals surface area contributed by atoms with Crippen molar-refractivity contribution in [3.05, 3.63) is 0 Å². The molecule has 1 aliphatic rings. The van der Waals surface area contributed by atoms with Gasteiger partial charge in [0.25, 0.3) is 0 Å². The van der Waals surface area contributed by atoms with E-state index in [1.54, 1.807) is 7.11 Å². The number of ether oxygens (including phenoxy) is 2. The lowest BCUT2D eigenvalue weighted by molar-refractivity contribution is -0.129. The van der Waals surface area contributed by atoms with Gasteiger partial charge in [0.15, 0.2) is 0 Å². The second-order valence-corrected chi connectivity index (χ2v) is 4.62. The van der Waals surface area contributed by atoms with E-state index < -0.39 is 0 Å². The summed E-state index contributed by atoms with van der Waals surface area (Å²) in [7, 11) is 1.67. The van der Waals surface area contributed by atoms with Crippen LogP contribution in [0.25, 0.3) is 0 Å². The van der Waals surface area contributed by atoms with Crippen molar-refractivity contribution >= 4 is 5.91 Å². The maximum Gasteiger partial charge on any atom is 0.240 e. The molecule has 0 spiro atoms. The average Bonchev–Trinajstić information content (AvgIpc) is 2.71. The molecule has 1 saturated heterocycles. The van der Waals surface area contributed by atoms with Gasteiger partial charge in [-0.1, -0.05) is 13.3 Å². The van der Waals surface area contributed by atoms with Crippen molar-refractivity contribution in [2.75, 3.05) is 40.1 Å². The maximum atomic E-state index is 11.9. The van der Waals surface area contributed by atoms with E-state index in [2.05, 4.69) is 12.2 Å². The third-order valence-corrected chi connectivity index (χ3v) is 3.11. The van der Waals surface area contributed by atoms with E-state index in [-0.39, 0.29) is 11.9 Å². The lowest BCUT2D eigenvalue weighted by Crippen LogP contribution is -2.31. The Kier molecular flexibility index (Phi) is 7.96. The zero-order valence-corrected chi connectivity index (χ0v) is 11.6. The Balaban J connectivity index is 2.01. The van der Waals surface area contributed by atoms with Gasteiger partial charge in [-0.05, 0) is 19.3 Å². The van der Waals surface area contributed by atoms with Crippen molar-refractivity contribution in [1.29, 1.82) is 0 Å². The van der Waals surface area contributed by atoms with Crippen LogP contribution in [0.5, 0.6) is 0 Å². The average molecular weight is 258 g/mol. The molecule has 1 N–H and O–H groups in total. The Hall–Kier alpha value is -0.650. The lowest BCUT2D eigenvalue weighted by atomic mass is 10.1. The highest BCUT2D eigenvalue weighted by Crippen LogP contribution is 2.09. The predicted octanol–water partition coefficient (Wildman–Crippen LogP) is 0.988. The van der Waals surface area contributed by atoms with Crippen molar-refractivity contribution in [2.45, 2.75) is 38.6 Å². The summed E-state index contributed by atoms with van der Waals surface area (Å²) in [6, 6.07) is 0.0490. The van der Waals surface area contributed by atoms with Crippen LogP contribution in [-0.2, 0) is 14.3 Å². The zero-order chi connectivity index (χ0) is 13.2. The molecule has 5 nitrogen and oxygen atoms in total. The molecule has 1 rings (SSSR count). The molecule has 1 heterocycles. The van der Waals surface area contributed by atoms with E-state index in [0.717, 1.165) is 38.8 Å². The summed E-state index contributed by atoms with van der Waals surface area (Å²) in [4.78, 5) is 13.8. The van der Waals surface area contributed by atoms with Gasteiger partial charge < -0.3 is 14.4 Å². The van der Waals surface area contributed by atoms with Gasteiger partial charge in [0, 0.05) is 20.3 Å². The third kappa shape index (κ3) is 5.33. The van der Waals surface area contributed by atoms with Gasteiger partial charge in [0.05, 0.1) is 25.9 Å². The molecule has 0 bridgehead atoms. The molecule has 0 radical (unpaired) electrons. The van der Waals surface area contributed by atoms with Crippen LogP contribution in [0.2, 0.25) is 0 Å². The fourth-order valence-corrected chi connectivity index (χ4v) is 2.06. The monoisotopic (exact) mass is 258 g/mol. The number of hydrogen-bond acceptors (Lipinski definition) is 4. The molecule has 1 fully saturated rings. The number of methoxy groups -OCH3 is 1. The quantitative estimate of drug-likeness (QED) is 0.594. The topological polar surface area (TPSA) is 50.8 Å². The van der Waals surface area contributed by atoms with Gasteiger partial charge in [0.1, 0.15) is 0 Å². The van der Waals surface area contributed by atoms with E-state index in [0.29, 0.717) is 19.9 Å². The number of amides is 1. The molecule has 0 saturated carbocycles. The standard InChI is InChI=1S/C13H26N2O3/c1-3-6-12-13(16)15(11-14-12)7-4-5-8-18-10-9-17-2/h12,14H,3-11H2,1-2H3. The molecule has 5 heteroatoms. The molecule has 0 aromatic rings. The van der Waals surface area contributed by atoms with Gasteiger partial charge in [-0.25, -0.2) is 0 Å². The minimum atomic E-state index is 0.0490. The molecule has 1 aliphatic heterocycles. The van der Waals surface area contributed by atoms with Crippen LogP contribution in [-0.4, -0.2) is 57.0 Å². The Morgan fingerprint density at radius 1 is 1.33 bits per heavy atom. The molecule has 1 amide bonds. The molecule has 0 aromatic carbocycles. The third-order valence-electron chi connectivity index (χ3n) is 3.11. The smallest absolute Gasteiger partial charge is 0.240 e. The minimum Gasteiger partial charge on any atom is -0.382 e. The number of unbranched alkanes of at least 4 members (excludes halogenated alkanes) is 1. The maximum absolute atomic E-state index is 11.9. The van der Waals surface area contributed by atoms with Gasteiger partial charge >= 0.3 is 0 Å². The number of nitrogens with zero attached hydrogens (tertiary/aromatic N) is 1. The van der Waals surface area contributed by atoms with Crippen LogP contribution < -0.4 is 5.32 Å². The fraction of sp³-hybridized carbons (Fsp3) is 0.923. The summed E-state index contributed by atoms with van der Waals surface area (Å²) < 4.78 is 10.3. The zero-order valence-electron chi connectivity index (χ0n) is 11.6. The second kappa shape index (κ2) is 9.30. The largest absolute Gasteiger partial charge is 0.382 e. The van der Waals surface area contributed by atoms with E-state index >= 15 is 0 Å². The Labute approximate surface area is 110 Å². The van der Waals surface area contributed by atoms with Crippen LogP contribution in [0, 0.1) is 0 Å². The van der Waals surface area contributed by atoms with E-state index in [4.69, 9.17) is 9.47 Å². The predicted molar refractivity (Wildman–Crippen MR) is 70.3 cm³/mol. The molecule has 0 aromatic heterocycles. The number of rotatable bonds is 10. The van der Waals surface area contributed by atoms with Crippen molar-refractivity contribution < 1.29 is 14.3 Å². The van der Waals surface area contributed by atoms with Crippen LogP contribution in [0.15, 0.2) is 0 Å². The highest BCUT2D eigenvalue weighted by Gasteiger charge is 2.29. The molecule has 1 atom stereocenters. The number of hydrogen-bond donors (Lipinski definition) is 1. The highest BCUT2D eigenvalue weighted by molar-refractivity contribution is 5.83. The number of carbonyl (C=O) groups is 1. The SMILES string of the molecule is CCCC1NCN(CCCCOCCOC)C1=O. The summed E-state index contributed by atoms with van der Waals surface area (Å²) in [6.45, 7) is 5.69. The molecular weight excluding hydrogens is 232 g/mol. The summed E-state index contributed by atoms with van der Waals surface area (Å²) in [5, 5.41) is 3.25. The molecular formula is C13H26N2O3. The summed E-state index contributed by atoms with van der Waals surface area (Å²) in [5.41, 5.74) is 0. The van der Waals surface area contributed by atoms with E-state index in [9.17, 15) is 4.79 Å². The number of carbonyl (C=O) groups excluding carboxylic acids is 1. The molecule has 1 unspecified atom stereocenters. The Morgan fingerprint density at radius 3 is 2.89 bits per heavy atom. The normalized spacial score (nSPS) is 19.8. The van der Waals surface area contributed by atoms with Crippen LogP contribution in [0.1, 0.15) is 32.6 Å². The van der Waals surface area contributed by atoms with Crippen molar-refractivity contribution in [3.63, 3.8) is 0 Å². The Bertz CT molecular complexity index is 236. The van der Waals surface area contributed by atoms with Gasteiger partial charge in [-0.2, -0.15) is 0 Å². The van der Waals surface area contributed by atoms with Crippen LogP contribution >= 0.6 is 0 Å². The van der Waals surface area contributed by atoms with Crippen LogP contribution in [0.4, 0.5) is 0 Å². The Morgan fingerprint density at radius 2 is 2.17 bits per heavy atom. The summed E-state index contributed by atoms with van der Waals surface area (Å²) in [5.74, 6) is 0.261. The first-order chi connectivity index (χ1) is 8.79. The lowest BCUT2D eigenvalue weighted by Gasteiger charge is -2.15. The number of nitrogens with one attached hydrogen (secondary N) is 1. The second-order valence-electron chi connectivity index (χ2n) is 4.62. The van der Waals surface area contributed by atoms with Crippen molar-refractivity contribution in [3.8, 4) is 0 Å². The molecule has 0 aliphatic carbocycles. The highest BCUT2D eigenvalue weighted by atomic mass is 16.5. The molecule has 18 heavy (non-hydrogen) atoms. The van der Waals surface area contributed by atoms with Crippen LogP contribution in [0.3, 0.4) is 0 Å². The molecule has 106 valence electrons. The van der Waals surface area contributed by atoms with E-state index in [1.807, 2.05) is 4.90 Å². The van der Waals surface area contributed by atoms with E-state index in [1.165, 1.54) is 0 Å². The van der Waals surface area contributed by atoms with Gasteiger partial charge in [-0.15, -0.1) is 0 Å². The van der Waals surface area contributed by atoms with Crippen molar-refractivity contribution in [2.24, 2.45) is 0 Å². The fourth-order valence-electron chi connectivity index (χ4n) is 2.06. The minimum absolute atomic E-state index is 0.0490. The first-order valence-electron chi connectivity index (χ1n) is 6.88. The van der Waals surface area contributed by atoms with Crippen molar-refractivity contribution in [1.82, 2.24) is 10.2 Å². The van der Waals surface area contributed by atoms with Gasteiger partial charge in [-0.3, -0.25) is 10.1 Å². The van der Waals surface area contributed by atoms with Gasteiger partial charge in [0.2, 0.25) is 5.91 Å². The summed E-state index contributed by atoms with van der Waals surface area (Å²) in [6.07, 6.45) is 3.98. The summed E-state index contributed by atoms with van der Waals surface area (Å²) >= 11 is 0.